The molecule has 0 bridgehead atoms. The molecular weight excluding hydrogens is 310 g/mol. The SMILES string of the molecule is COc1cccc([C@H](O)CNc2c([N+](=O)[O-])ccc3c2CCN3)c1. The topological polar surface area (TPSA) is 96.7 Å². The Hall–Kier alpha value is -2.80. The maximum absolute atomic E-state index is 11.3. The highest BCUT2D eigenvalue weighted by molar-refractivity contribution is 5.77. The Morgan fingerprint density at radius 1 is 1.42 bits per heavy atom. The third-order valence-electron chi connectivity index (χ3n) is 4.13. The highest BCUT2D eigenvalue weighted by Gasteiger charge is 2.24. The fourth-order valence-electron chi connectivity index (χ4n) is 2.90. The Bertz CT molecular complexity index is 763. The lowest BCUT2D eigenvalue weighted by atomic mass is 10.1. The number of fused-ring (bicyclic) bond motifs is 1. The van der Waals surface area contributed by atoms with E-state index in [2.05, 4.69) is 10.6 Å². The summed E-state index contributed by atoms with van der Waals surface area (Å²) >= 11 is 0. The van der Waals surface area contributed by atoms with Gasteiger partial charge in [0.1, 0.15) is 11.4 Å². The van der Waals surface area contributed by atoms with Crippen molar-refractivity contribution in [3.8, 4) is 5.75 Å². The second-order valence-corrected chi connectivity index (χ2v) is 5.59. The molecule has 1 aliphatic rings. The molecule has 0 spiro atoms. The van der Waals surface area contributed by atoms with Gasteiger partial charge in [-0.05, 0) is 30.2 Å². The zero-order chi connectivity index (χ0) is 17.1. The van der Waals surface area contributed by atoms with E-state index in [4.69, 9.17) is 4.74 Å². The number of aliphatic hydroxyl groups is 1. The van der Waals surface area contributed by atoms with E-state index in [1.807, 2.05) is 0 Å². The molecule has 0 unspecified atom stereocenters. The fourth-order valence-corrected chi connectivity index (χ4v) is 2.90. The number of nitrogens with zero attached hydrogens (tertiary/aromatic N) is 1. The quantitative estimate of drug-likeness (QED) is 0.557. The number of anilines is 2. The van der Waals surface area contributed by atoms with E-state index in [0.717, 1.165) is 17.8 Å². The second-order valence-electron chi connectivity index (χ2n) is 5.59. The fraction of sp³-hybridized carbons (Fsp3) is 0.294. The number of benzene rings is 2. The average Bonchev–Trinajstić information content (AvgIpc) is 3.08. The first kappa shape index (κ1) is 16.1. The predicted molar refractivity (Wildman–Crippen MR) is 91.7 cm³/mol. The molecule has 0 fully saturated rings. The molecule has 2 aromatic carbocycles. The molecule has 24 heavy (non-hydrogen) atoms. The molecule has 3 N–H and O–H groups in total. The van der Waals surface area contributed by atoms with Gasteiger partial charge < -0.3 is 20.5 Å². The summed E-state index contributed by atoms with van der Waals surface area (Å²) in [5, 5.41) is 27.9. The van der Waals surface area contributed by atoms with E-state index >= 15 is 0 Å². The van der Waals surface area contributed by atoms with Crippen LogP contribution in [0.4, 0.5) is 17.1 Å². The molecule has 1 aliphatic heterocycles. The highest BCUT2D eigenvalue weighted by Crippen LogP contribution is 2.37. The van der Waals surface area contributed by atoms with Crippen molar-refractivity contribution in [2.45, 2.75) is 12.5 Å². The Labute approximate surface area is 139 Å². The number of nitro groups is 1. The van der Waals surface area contributed by atoms with E-state index < -0.39 is 11.0 Å². The van der Waals surface area contributed by atoms with Crippen LogP contribution in [0.15, 0.2) is 36.4 Å². The van der Waals surface area contributed by atoms with Crippen LogP contribution in [0.25, 0.3) is 0 Å². The zero-order valence-electron chi connectivity index (χ0n) is 13.3. The lowest BCUT2D eigenvalue weighted by Gasteiger charge is -2.16. The van der Waals surface area contributed by atoms with Gasteiger partial charge in [0.15, 0.2) is 0 Å². The average molecular weight is 329 g/mol. The summed E-state index contributed by atoms with van der Waals surface area (Å²) < 4.78 is 5.15. The van der Waals surface area contributed by atoms with Crippen LogP contribution >= 0.6 is 0 Å². The molecule has 2 aromatic rings. The van der Waals surface area contributed by atoms with Crippen molar-refractivity contribution in [1.82, 2.24) is 0 Å². The van der Waals surface area contributed by atoms with E-state index in [1.165, 1.54) is 6.07 Å². The molecule has 0 radical (unpaired) electrons. The minimum Gasteiger partial charge on any atom is -0.497 e. The molecule has 0 amide bonds. The monoisotopic (exact) mass is 329 g/mol. The van der Waals surface area contributed by atoms with Crippen molar-refractivity contribution >= 4 is 17.1 Å². The van der Waals surface area contributed by atoms with Crippen LogP contribution in [0.3, 0.4) is 0 Å². The minimum absolute atomic E-state index is 0.0234. The molecule has 0 aliphatic carbocycles. The zero-order valence-corrected chi connectivity index (χ0v) is 13.3. The Balaban J connectivity index is 1.81. The summed E-state index contributed by atoms with van der Waals surface area (Å²) in [4.78, 5) is 10.9. The summed E-state index contributed by atoms with van der Waals surface area (Å²) in [6, 6.07) is 10.3. The molecule has 126 valence electrons. The van der Waals surface area contributed by atoms with Gasteiger partial charge in [-0.3, -0.25) is 10.1 Å². The molecule has 0 aromatic heterocycles. The first-order valence-electron chi connectivity index (χ1n) is 7.70. The van der Waals surface area contributed by atoms with Crippen molar-refractivity contribution < 1.29 is 14.8 Å². The van der Waals surface area contributed by atoms with E-state index in [9.17, 15) is 15.2 Å². The highest BCUT2D eigenvalue weighted by atomic mass is 16.6. The van der Waals surface area contributed by atoms with E-state index in [-0.39, 0.29) is 12.2 Å². The van der Waals surface area contributed by atoms with Crippen molar-refractivity contribution in [3.63, 3.8) is 0 Å². The number of methoxy groups -OCH3 is 1. The smallest absolute Gasteiger partial charge is 0.292 e. The molecule has 1 atom stereocenters. The van der Waals surface area contributed by atoms with Crippen molar-refractivity contribution in [2.24, 2.45) is 0 Å². The van der Waals surface area contributed by atoms with Crippen molar-refractivity contribution in [2.75, 3.05) is 30.8 Å². The number of ether oxygens (including phenoxy) is 1. The Morgan fingerprint density at radius 2 is 2.25 bits per heavy atom. The van der Waals surface area contributed by atoms with Gasteiger partial charge in [-0.25, -0.2) is 0 Å². The van der Waals surface area contributed by atoms with Gasteiger partial charge in [-0.1, -0.05) is 12.1 Å². The Kier molecular flexibility index (Phi) is 4.52. The van der Waals surface area contributed by atoms with Crippen molar-refractivity contribution in [1.29, 1.82) is 0 Å². The predicted octanol–water partition coefficient (Wildman–Crippen LogP) is 2.72. The third-order valence-corrected chi connectivity index (χ3v) is 4.13. The van der Waals surface area contributed by atoms with Crippen LogP contribution in [0.5, 0.6) is 5.75 Å². The largest absolute Gasteiger partial charge is 0.497 e. The van der Waals surface area contributed by atoms with Crippen LogP contribution in [-0.2, 0) is 6.42 Å². The number of hydrogen-bond acceptors (Lipinski definition) is 6. The van der Waals surface area contributed by atoms with E-state index in [0.29, 0.717) is 23.4 Å². The van der Waals surface area contributed by atoms with Crippen LogP contribution in [0.2, 0.25) is 0 Å². The maximum atomic E-state index is 11.3. The van der Waals surface area contributed by atoms with Crippen LogP contribution in [-0.4, -0.2) is 30.2 Å². The standard InChI is InChI=1S/C17H19N3O4/c1-24-12-4-2-3-11(9-12)16(21)10-19-17-13-7-8-18-14(13)5-6-15(17)20(22)23/h2-6,9,16,18-19,21H,7-8,10H2,1H3/t16-/m1/s1. The summed E-state index contributed by atoms with van der Waals surface area (Å²) in [5.41, 5.74) is 2.98. The first-order valence-corrected chi connectivity index (χ1v) is 7.70. The van der Waals surface area contributed by atoms with Gasteiger partial charge in [-0.2, -0.15) is 0 Å². The molecule has 7 nitrogen and oxygen atoms in total. The third kappa shape index (κ3) is 3.11. The lowest BCUT2D eigenvalue weighted by molar-refractivity contribution is -0.384. The second kappa shape index (κ2) is 6.76. The van der Waals surface area contributed by atoms with Gasteiger partial charge in [-0.15, -0.1) is 0 Å². The minimum atomic E-state index is -0.801. The van der Waals surface area contributed by atoms with Gasteiger partial charge >= 0.3 is 0 Å². The molecule has 0 saturated heterocycles. The summed E-state index contributed by atoms with van der Waals surface area (Å²) in [7, 11) is 1.56. The summed E-state index contributed by atoms with van der Waals surface area (Å²) in [6.45, 7) is 0.925. The van der Waals surface area contributed by atoms with Gasteiger partial charge in [0.2, 0.25) is 0 Å². The maximum Gasteiger partial charge on any atom is 0.292 e. The first-order chi connectivity index (χ1) is 11.6. The van der Waals surface area contributed by atoms with Gasteiger partial charge in [0.25, 0.3) is 5.69 Å². The molecule has 1 heterocycles. The van der Waals surface area contributed by atoms with Crippen LogP contribution < -0.4 is 15.4 Å². The van der Waals surface area contributed by atoms with E-state index in [1.54, 1.807) is 37.4 Å². The molecule has 0 saturated carbocycles. The number of hydrogen-bond donors (Lipinski definition) is 3. The van der Waals surface area contributed by atoms with Crippen LogP contribution in [0.1, 0.15) is 17.2 Å². The Morgan fingerprint density at radius 3 is 3.00 bits per heavy atom. The molecule has 3 rings (SSSR count). The summed E-state index contributed by atoms with van der Waals surface area (Å²) in [6.07, 6.45) is -0.0841. The van der Waals surface area contributed by atoms with Crippen LogP contribution in [0, 0.1) is 10.1 Å². The van der Waals surface area contributed by atoms with Crippen molar-refractivity contribution in [3.05, 3.63) is 57.6 Å². The summed E-state index contributed by atoms with van der Waals surface area (Å²) in [5.74, 6) is 0.655. The lowest BCUT2D eigenvalue weighted by Crippen LogP contribution is -2.14. The molecular formula is C17H19N3O4. The number of nitro benzene ring substituents is 1. The van der Waals surface area contributed by atoms with Gasteiger partial charge in [0, 0.05) is 30.4 Å². The molecule has 7 heteroatoms. The van der Waals surface area contributed by atoms with Gasteiger partial charge in [0.05, 0.1) is 18.1 Å². The number of nitrogens with one attached hydrogen (secondary N) is 2. The number of aliphatic hydroxyl groups excluding tert-OH is 1. The normalized spacial score (nSPS) is 13.8. The number of rotatable bonds is 6.